The van der Waals surface area contributed by atoms with E-state index < -0.39 is 17.3 Å². The molecule has 0 atom stereocenters. The van der Waals surface area contributed by atoms with E-state index in [0.717, 1.165) is 11.5 Å². The summed E-state index contributed by atoms with van der Waals surface area (Å²) in [7, 11) is 1.47. The van der Waals surface area contributed by atoms with Gasteiger partial charge in [-0.05, 0) is 36.5 Å². The third kappa shape index (κ3) is 3.84. The van der Waals surface area contributed by atoms with Crippen molar-refractivity contribution in [1.29, 1.82) is 0 Å². The molecule has 1 aliphatic rings. The van der Waals surface area contributed by atoms with Gasteiger partial charge in [-0.25, -0.2) is 9.87 Å². The number of ether oxygens (including phenoxy) is 1. The van der Waals surface area contributed by atoms with E-state index in [1.807, 2.05) is 0 Å². The Bertz CT molecular complexity index is 777. The normalized spacial score (nSPS) is 16.3. The molecule has 0 bridgehead atoms. The Balaban J connectivity index is 1.73. The summed E-state index contributed by atoms with van der Waals surface area (Å²) in [6.07, 6.45) is 1.20. The zero-order chi connectivity index (χ0) is 18.6. The Hall–Kier alpha value is -2.10. The van der Waals surface area contributed by atoms with Crippen LogP contribution in [0.3, 0.4) is 0 Å². The second-order valence-electron chi connectivity index (χ2n) is 6.02. The van der Waals surface area contributed by atoms with Gasteiger partial charge in [0, 0.05) is 18.7 Å². The first-order valence-electron chi connectivity index (χ1n) is 8.15. The summed E-state index contributed by atoms with van der Waals surface area (Å²) < 4.78 is 24.4. The maximum absolute atomic E-state index is 14.2. The first-order chi connectivity index (χ1) is 12.6. The predicted octanol–water partition coefficient (Wildman–Crippen LogP) is 2.35. The van der Waals surface area contributed by atoms with E-state index >= 15 is 0 Å². The molecule has 2 aromatic rings. The summed E-state index contributed by atoms with van der Waals surface area (Å²) in [6, 6.07) is 6.10. The van der Waals surface area contributed by atoms with Crippen LogP contribution in [0.4, 0.5) is 4.39 Å². The highest BCUT2D eigenvalue weighted by atomic mass is 32.2. The summed E-state index contributed by atoms with van der Waals surface area (Å²) in [5.74, 6) is 1.42. The quantitative estimate of drug-likeness (QED) is 0.522. The molecule has 0 aliphatic carbocycles. The van der Waals surface area contributed by atoms with Crippen molar-refractivity contribution in [2.45, 2.75) is 24.9 Å². The standard InChI is InChI=1S/C17H20FN3O4S/c1-24-12-2-3-13(14(18)9-12)15-8-11(21-25-15)10-19-17(16(22)20-23)4-6-26-7-5-17/h2-3,8-9,19,23H,4-7,10H2,1H3,(H,20,22). The SMILES string of the molecule is COc1ccc(-c2cc(CNC3(C(=O)NO)CCSCC3)no2)c(F)c1. The minimum absolute atomic E-state index is 0.263. The monoisotopic (exact) mass is 381 g/mol. The van der Waals surface area contributed by atoms with Crippen molar-refractivity contribution in [2.24, 2.45) is 0 Å². The summed E-state index contributed by atoms with van der Waals surface area (Å²) in [6.45, 7) is 0.263. The Morgan fingerprint density at radius 1 is 1.42 bits per heavy atom. The number of carbonyl (C=O) groups excluding carboxylic acids is 1. The fourth-order valence-electron chi connectivity index (χ4n) is 2.92. The van der Waals surface area contributed by atoms with Gasteiger partial charge in [-0.2, -0.15) is 11.8 Å². The number of hydrogen-bond acceptors (Lipinski definition) is 7. The van der Waals surface area contributed by atoms with Crippen molar-refractivity contribution in [3.8, 4) is 17.1 Å². The molecule has 1 aromatic heterocycles. The van der Waals surface area contributed by atoms with E-state index in [9.17, 15) is 9.18 Å². The molecule has 1 aromatic carbocycles. The van der Waals surface area contributed by atoms with E-state index in [1.165, 1.54) is 13.2 Å². The van der Waals surface area contributed by atoms with Crippen LogP contribution in [0.15, 0.2) is 28.8 Å². The number of nitrogens with one attached hydrogen (secondary N) is 2. The number of carbonyl (C=O) groups is 1. The van der Waals surface area contributed by atoms with Crippen molar-refractivity contribution < 1.29 is 23.7 Å². The molecule has 3 N–H and O–H groups in total. The van der Waals surface area contributed by atoms with E-state index in [4.69, 9.17) is 14.5 Å². The van der Waals surface area contributed by atoms with Crippen molar-refractivity contribution >= 4 is 17.7 Å². The van der Waals surface area contributed by atoms with Gasteiger partial charge in [-0.1, -0.05) is 5.16 Å². The molecular formula is C17H20FN3O4S. The van der Waals surface area contributed by atoms with Crippen LogP contribution in [-0.4, -0.2) is 40.4 Å². The molecule has 140 valence electrons. The number of rotatable bonds is 6. The molecule has 3 rings (SSSR count). The maximum Gasteiger partial charge on any atom is 0.263 e. The summed E-state index contributed by atoms with van der Waals surface area (Å²) in [5.41, 5.74) is 1.72. The van der Waals surface area contributed by atoms with Crippen molar-refractivity contribution in [1.82, 2.24) is 16.0 Å². The van der Waals surface area contributed by atoms with Gasteiger partial charge in [0.2, 0.25) is 0 Å². The van der Waals surface area contributed by atoms with E-state index in [2.05, 4.69) is 10.5 Å². The molecule has 9 heteroatoms. The Labute approximate surface area is 154 Å². The fraction of sp³-hybridized carbons (Fsp3) is 0.412. The molecule has 1 saturated heterocycles. The van der Waals surface area contributed by atoms with Crippen LogP contribution in [0.1, 0.15) is 18.5 Å². The third-order valence-corrected chi connectivity index (χ3v) is 5.48. The van der Waals surface area contributed by atoms with E-state index in [-0.39, 0.29) is 12.1 Å². The van der Waals surface area contributed by atoms with Crippen molar-refractivity contribution in [3.63, 3.8) is 0 Å². The summed E-state index contributed by atoms with van der Waals surface area (Å²) in [5, 5.41) is 16.2. The van der Waals surface area contributed by atoms with Crippen LogP contribution in [-0.2, 0) is 11.3 Å². The smallest absolute Gasteiger partial charge is 0.263 e. The Morgan fingerprint density at radius 2 is 2.19 bits per heavy atom. The zero-order valence-corrected chi connectivity index (χ0v) is 15.1. The van der Waals surface area contributed by atoms with Crippen LogP contribution < -0.4 is 15.5 Å². The van der Waals surface area contributed by atoms with Crippen LogP contribution in [0.2, 0.25) is 0 Å². The molecule has 0 unspecified atom stereocenters. The predicted molar refractivity (Wildman–Crippen MR) is 94.5 cm³/mol. The number of amides is 1. The van der Waals surface area contributed by atoms with Crippen molar-refractivity contribution in [2.75, 3.05) is 18.6 Å². The summed E-state index contributed by atoms with van der Waals surface area (Å²) >= 11 is 1.77. The van der Waals surface area contributed by atoms with Crippen LogP contribution in [0.25, 0.3) is 11.3 Å². The first-order valence-corrected chi connectivity index (χ1v) is 9.30. The molecule has 26 heavy (non-hydrogen) atoms. The molecule has 0 radical (unpaired) electrons. The van der Waals surface area contributed by atoms with Gasteiger partial charge >= 0.3 is 0 Å². The van der Waals surface area contributed by atoms with Crippen LogP contribution >= 0.6 is 11.8 Å². The largest absolute Gasteiger partial charge is 0.497 e. The number of aromatic nitrogens is 1. The van der Waals surface area contributed by atoms with Gasteiger partial charge in [0.1, 0.15) is 17.1 Å². The van der Waals surface area contributed by atoms with Gasteiger partial charge in [0.05, 0.1) is 18.4 Å². The van der Waals surface area contributed by atoms with Gasteiger partial charge in [0.15, 0.2) is 5.76 Å². The number of hydroxylamine groups is 1. The molecule has 1 amide bonds. The molecule has 2 heterocycles. The van der Waals surface area contributed by atoms with E-state index in [1.54, 1.807) is 35.4 Å². The van der Waals surface area contributed by atoms with Gasteiger partial charge in [-0.15, -0.1) is 0 Å². The average molecular weight is 381 g/mol. The van der Waals surface area contributed by atoms with Crippen LogP contribution in [0, 0.1) is 5.82 Å². The average Bonchev–Trinajstić information content (AvgIpc) is 3.15. The molecule has 7 nitrogen and oxygen atoms in total. The molecule has 0 saturated carbocycles. The highest BCUT2D eigenvalue weighted by Crippen LogP contribution is 2.29. The van der Waals surface area contributed by atoms with Crippen molar-refractivity contribution in [3.05, 3.63) is 35.8 Å². The first kappa shape index (κ1) is 18.7. The second-order valence-corrected chi connectivity index (χ2v) is 7.24. The minimum atomic E-state index is -0.843. The van der Waals surface area contributed by atoms with Crippen LogP contribution in [0.5, 0.6) is 5.75 Å². The zero-order valence-electron chi connectivity index (χ0n) is 14.3. The molecule has 1 aliphatic heterocycles. The number of hydrogen-bond donors (Lipinski definition) is 3. The number of halogens is 1. The lowest BCUT2D eigenvalue weighted by Gasteiger charge is -2.35. The van der Waals surface area contributed by atoms with E-state index in [0.29, 0.717) is 30.0 Å². The number of benzene rings is 1. The van der Waals surface area contributed by atoms with Gasteiger partial charge in [0.25, 0.3) is 5.91 Å². The number of thioether (sulfide) groups is 1. The highest BCUT2D eigenvalue weighted by Gasteiger charge is 2.39. The lowest BCUT2D eigenvalue weighted by molar-refractivity contribution is -0.136. The Morgan fingerprint density at radius 3 is 2.85 bits per heavy atom. The summed E-state index contributed by atoms with van der Waals surface area (Å²) in [4.78, 5) is 12.1. The fourth-order valence-corrected chi connectivity index (χ4v) is 4.11. The third-order valence-electron chi connectivity index (χ3n) is 4.49. The molecular weight excluding hydrogens is 361 g/mol. The number of methoxy groups -OCH3 is 1. The Kier molecular flexibility index (Phi) is 5.80. The lowest BCUT2D eigenvalue weighted by Crippen LogP contribution is -2.58. The molecule has 1 fully saturated rings. The topological polar surface area (TPSA) is 96.6 Å². The van der Waals surface area contributed by atoms with Gasteiger partial charge in [-0.3, -0.25) is 15.3 Å². The molecule has 0 spiro atoms. The number of nitrogens with zero attached hydrogens (tertiary/aromatic N) is 1. The minimum Gasteiger partial charge on any atom is -0.497 e. The maximum atomic E-state index is 14.2. The highest BCUT2D eigenvalue weighted by molar-refractivity contribution is 7.99. The van der Waals surface area contributed by atoms with Gasteiger partial charge < -0.3 is 9.26 Å². The lowest BCUT2D eigenvalue weighted by atomic mass is 9.91. The second kappa shape index (κ2) is 8.07.